The Balaban J connectivity index is 1.45. The number of thiazole rings is 1. The van der Waals surface area contributed by atoms with Crippen LogP contribution in [0.5, 0.6) is 0 Å². The third-order valence-corrected chi connectivity index (χ3v) is 6.14. The van der Waals surface area contributed by atoms with Crippen LogP contribution in [-0.2, 0) is 4.74 Å². The van der Waals surface area contributed by atoms with Crippen molar-refractivity contribution in [2.75, 3.05) is 13.1 Å². The number of ether oxygens (including phenoxy) is 1. The van der Waals surface area contributed by atoms with Crippen LogP contribution in [-0.4, -0.2) is 40.1 Å². The molecule has 6 nitrogen and oxygen atoms in total. The summed E-state index contributed by atoms with van der Waals surface area (Å²) in [5.41, 5.74) is 1.49. The van der Waals surface area contributed by atoms with Gasteiger partial charge in [0.25, 0.3) is 5.91 Å². The molecule has 0 saturated carbocycles. The third kappa shape index (κ3) is 2.75. The second-order valence-electron chi connectivity index (χ2n) is 6.72. The molecule has 0 aliphatic carbocycles. The van der Waals surface area contributed by atoms with E-state index in [0.717, 1.165) is 30.1 Å². The highest BCUT2D eigenvalue weighted by Crippen LogP contribution is 2.42. The Hall–Kier alpha value is -1.73. The average Bonchev–Trinajstić information content (AvgIpc) is 3.25. The van der Waals surface area contributed by atoms with Crippen LogP contribution in [0.2, 0.25) is 0 Å². The van der Waals surface area contributed by atoms with Crippen molar-refractivity contribution in [2.24, 2.45) is 5.92 Å². The Morgan fingerprint density at radius 1 is 1.38 bits per heavy atom. The number of hydrogen-bond donors (Lipinski definition) is 0. The minimum absolute atomic E-state index is 0.0466. The number of likely N-dealkylation sites (tertiary alicyclic amines) is 1. The van der Waals surface area contributed by atoms with E-state index in [4.69, 9.17) is 9.26 Å². The number of aromatic nitrogens is 2. The molecule has 0 N–H and O–H groups in total. The Labute approximate surface area is 144 Å². The largest absolute Gasteiger partial charge is 0.367 e. The minimum atomic E-state index is -0.0466. The molecule has 0 bridgehead atoms. The molecule has 2 aromatic rings. The number of fused-ring (bicyclic) bond motifs is 1. The van der Waals surface area contributed by atoms with Crippen molar-refractivity contribution in [1.29, 1.82) is 0 Å². The second kappa shape index (κ2) is 5.97. The topological polar surface area (TPSA) is 68.5 Å². The fourth-order valence-corrected chi connectivity index (χ4v) is 4.54. The molecule has 2 aliphatic heterocycles. The Bertz CT molecular complexity index is 749. The number of carbonyl (C=O) groups excluding carboxylic acids is 1. The molecule has 3 atom stereocenters. The molecule has 2 fully saturated rings. The van der Waals surface area contributed by atoms with Gasteiger partial charge in [0.1, 0.15) is 16.9 Å². The normalized spacial score (nSPS) is 26.6. The smallest absolute Gasteiger partial charge is 0.276 e. The average molecular weight is 347 g/mol. The zero-order chi connectivity index (χ0) is 16.8. The quantitative estimate of drug-likeness (QED) is 0.835. The molecule has 0 aromatic carbocycles. The molecule has 2 saturated heterocycles. The lowest BCUT2D eigenvalue weighted by molar-refractivity contribution is 0.00200. The van der Waals surface area contributed by atoms with E-state index in [1.165, 1.54) is 4.88 Å². The summed E-state index contributed by atoms with van der Waals surface area (Å²) < 4.78 is 11.3. The number of nitrogens with zero attached hydrogens (tertiary/aromatic N) is 3. The molecular weight excluding hydrogens is 326 g/mol. The highest BCUT2D eigenvalue weighted by Gasteiger charge is 2.42. The van der Waals surface area contributed by atoms with Gasteiger partial charge in [0.15, 0.2) is 5.69 Å². The standard InChI is InChI=1S/C17H21N3O3S/c1-9-6-13(19-23-9)17(21)20-5-4-14-12(8-20)7-15(22-14)16-18-10(2)11(3)24-16/h6,12,14-15H,4-5,7-8H2,1-3H3/t12-,14-,15+/m1/s1. The molecule has 2 aliphatic rings. The van der Waals surface area contributed by atoms with E-state index in [2.05, 4.69) is 17.1 Å². The molecule has 128 valence electrons. The van der Waals surface area contributed by atoms with Gasteiger partial charge in [-0.25, -0.2) is 4.98 Å². The molecule has 24 heavy (non-hydrogen) atoms. The van der Waals surface area contributed by atoms with E-state index in [9.17, 15) is 4.79 Å². The number of piperidine rings is 1. The van der Waals surface area contributed by atoms with E-state index in [1.807, 2.05) is 11.8 Å². The minimum Gasteiger partial charge on any atom is -0.367 e. The first-order valence-corrected chi connectivity index (χ1v) is 9.15. The summed E-state index contributed by atoms with van der Waals surface area (Å²) >= 11 is 1.72. The number of aryl methyl sites for hydroxylation is 3. The van der Waals surface area contributed by atoms with Crippen molar-refractivity contribution < 1.29 is 14.1 Å². The van der Waals surface area contributed by atoms with Crippen LogP contribution in [0.15, 0.2) is 10.6 Å². The summed E-state index contributed by atoms with van der Waals surface area (Å²) in [5, 5.41) is 4.92. The van der Waals surface area contributed by atoms with Gasteiger partial charge in [-0.3, -0.25) is 4.79 Å². The predicted molar refractivity (Wildman–Crippen MR) is 89.1 cm³/mol. The van der Waals surface area contributed by atoms with Crippen LogP contribution < -0.4 is 0 Å². The zero-order valence-corrected chi connectivity index (χ0v) is 14.9. The lowest BCUT2D eigenvalue weighted by atomic mass is 9.92. The summed E-state index contributed by atoms with van der Waals surface area (Å²) in [4.78, 5) is 20.3. The third-order valence-electron chi connectivity index (χ3n) is 4.97. The fraction of sp³-hybridized carbons (Fsp3) is 0.588. The highest BCUT2D eigenvalue weighted by molar-refractivity contribution is 7.11. The molecule has 4 rings (SSSR count). The van der Waals surface area contributed by atoms with Crippen LogP contribution >= 0.6 is 11.3 Å². The van der Waals surface area contributed by atoms with E-state index >= 15 is 0 Å². The van der Waals surface area contributed by atoms with Gasteiger partial charge in [0.2, 0.25) is 0 Å². The molecular formula is C17H21N3O3S. The molecule has 2 aromatic heterocycles. The molecule has 0 unspecified atom stereocenters. The lowest BCUT2D eigenvalue weighted by Gasteiger charge is -2.33. The van der Waals surface area contributed by atoms with Crippen LogP contribution in [0.4, 0.5) is 0 Å². The van der Waals surface area contributed by atoms with Gasteiger partial charge in [-0.1, -0.05) is 5.16 Å². The molecule has 7 heteroatoms. The van der Waals surface area contributed by atoms with Crippen molar-refractivity contribution >= 4 is 17.2 Å². The molecule has 1 amide bonds. The van der Waals surface area contributed by atoms with Crippen LogP contribution in [0.3, 0.4) is 0 Å². The summed E-state index contributed by atoms with van der Waals surface area (Å²) in [7, 11) is 0. The zero-order valence-electron chi connectivity index (χ0n) is 14.1. The van der Waals surface area contributed by atoms with Gasteiger partial charge in [-0.15, -0.1) is 11.3 Å². The maximum atomic E-state index is 12.6. The lowest BCUT2D eigenvalue weighted by Crippen LogP contribution is -2.44. The first kappa shape index (κ1) is 15.8. The predicted octanol–water partition coefficient (Wildman–Crippen LogP) is 3.05. The van der Waals surface area contributed by atoms with Crippen molar-refractivity contribution in [3.8, 4) is 0 Å². The first-order chi connectivity index (χ1) is 11.5. The van der Waals surface area contributed by atoms with Gasteiger partial charge in [-0.2, -0.15) is 0 Å². The van der Waals surface area contributed by atoms with Crippen LogP contribution in [0, 0.1) is 26.7 Å². The number of hydrogen-bond acceptors (Lipinski definition) is 6. The maximum Gasteiger partial charge on any atom is 0.276 e. The molecule has 4 heterocycles. The van der Waals surface area contributed by atoms with Gasteiger partial charge < -0.3 is 14.2 Å². The maximum absolute atomic E-state index is 12.6. The summed E-state index contributed by atoms with van der Waals surface area (Å²) in [5.74, 6) is 0.979. The summed E-state index contributed by atoms with van der Waals surface area (Å²) in [6.45, 7) is 7.35. The molecule has 0 spiro atoms. The molecule has 0 radical (unpaired) electrons. The second-order valence-corrected chi connectivity index (χ2v) is 7.95. The highest BCUT2D eigenvalue weighted by atomic mass is 32.1. The first-order valence-electron chi connectivity index (χ1n) is 8.33. The SMILES string of the molecule is Cc1cc(C(=O)N2CC[C@H]3O[C@H](c4nc(C)c(C)s4)C[C@@H]3C2)no1. The van der Waals surface area contributed by atoms with Crippen molar-refractivity contribution in [2.45, 2.75) is 45.8 Å². The van der Waals surface area contributed by atoms with Crippen molar-refractivity contribution in [1.82, 2.24) is 15.0 Å². The Morgan fingerprint density at radius 2 is 2.21 bits per heavy atom. The van der Waals surface area contributed by atoms with Gasteiger partial charge in [-0.05, 0) is 33.6 Å². The van der Waals surface area contributed by atoms with Gasteiger partial charge in [0.05, 0.1) is 11.8 Å². The summed E-state index contributed by atoms with van der Waals surface area (Å²) in [6.07, 6.45) is 2.09. The number of amides is 1. The van der Waals surface area contributed by atoms with E-state index < -0.39 is 0 Å². The van der Waals surface area contributed by atoms with E-state index in [-0.39, 0.29) is 18.1 Å². The van der Waals surface area contributed by atoms with Gasteiger partial charge in [0, 0.05) is 30.0 Å². The summed E-state index contributed by atoms with van der Waals surface area (Å²) in [6, 6.07) is 1.70. The number of rotatable bonds is 2. The van der Waals surface area contributed by atoms with Crippen LogP contribution in [0.1, 0.15) is 50.8 Å². The fourth-order valence-electron chi connectivity index (χ4n) is 3.57. The van der Waals surface area contributed by atoms with Crippen molar-refractivity contribution in [3.63, 3.8) is 0 Å². The number of carbonyl (C=O) groups is 1. The Kier molecular flexibility index (Phi) is 3.92. The monoisotopic (exact) mass is 347 g/mol. The van der Waals surface area contributed by atoms with E-state index in [0.29, 0.717) is 23.9 Å². The van der Waals surface area contributed by atoms with Gasteiger partial charge >= 0.3 is 0 Å². The Morgan fingerprint density at radius 3 is 2.88 bits per heavy atom. The van der Waals surface area contributed by atoms with Crippen molar-refractivity contribution in [3.05, 3.63) is 33.1 Å². The van der Waals surface area contributed by atoms with E-state index in [1.54, 1.807) is 24.3 Å². The van der Waals surface area contributed by atoms with Crippen LogP contribution in [0.25, 0.3) is 0 Å².